The number of hydrogen-bond donors (Lipinski definition) is 1. The number of carbonyl (C=O) groups excluding carboxylic acids is 2. The van der Waals surface area contributed by atoms with Gasteiger partial charge < -0.3 is 9.84 Å². The summed E-state index contributed by atoms with van der Waals surface area (Å²) in [5, 5.41) is 10.5. The Hall–Kier alpha value is -3.47. The van der Waals surface area contributed by atoms with Crippen molar-refractivity contribution >= 4 is 11.8 Å². The number of hydrogen-bond acceptors (Lipinski definition) is 5. The molecule has 0 aliphatic carbocycles. The third-order valence-corrected chi connectivity index (χ3v) is 4.05. The van der Waals surface area contributed by atoms with Crippen molar-refractivity contribution in [3.05, 3.63) is 83.0 Å². The summed E-state index contributed by atoms with van der Waals surface area (Å²) in [6.07, 6.45) is 0. The van der Waals surface area contributed by atoms with E-state index in [2.05, 4.69) is 4.98 Å². The van der Waals surface area contributed by atoms with Crippen molar-refractivity contribution in [2.24, 2.45) is 0 Å². The Balaban J connectivity index is 2.34. The maximum atomic E-state index is 13.0. The van der Waals surface area contributed by atoms with E-state index in [0.29, 0.717) is 16.8 Å². The summed E-state index contributed by atoms with van der Waals surface area (Å²) in [4.78, 5) is 29.9. The number of benzene rings is 2. The molecular formula is C21H17NO4. The number of aromatic nitrogens is 1. The average molecular weight is 347 g/mol. The highest BCUT2D eigenvalue weighted by Crippen LogP contribution is 2.34. The highest BCUT2D eigenvalue weighted by atomic mass is 16.5. The molecule has 0 amide bonds. The van der Waals surface area contributed by atoms with E-state index < -0.39 is 11.8 Å². The van der Waals surface area contributed by atoms with Gasteiger partial charge in [-0.25, -0.2) is 9.78 Å². The van der Waals surface area contributed by atoms with Crippen LogP contribution >= 0.6 is 0 Å². The molecule has 1 N–H and O–H groups in total. The van der Waals surface area contributed by atoms with Gasteiger partial charge in [0.2, 0.25) is 0 Å². The van der Waals surface area contributed by atoms with Gasteiger partial charge in [0, 0.05) is 11.1 Å². The fourth-order valence-corrected chi connectivity index (χ4v) is 2.75. The van der Waals surface area contributed by atoms with Crippen LogP contribution in [0.3, 0.4) is 0 Å². The van der Waals surface area contributed by atoms with Gasteiger partial charge in [-0.1, -0.05) is 60.7 Å². The van der Waals surface area contributed by atoms with Crippen LogP contribution in [0.2, 0.25) is 0 Å². The molecule has 0 fully saturated rings. The normalized spacial score (nSPS) is 10.4. The minimum atomic E-state index is -0.731. The molecule has 0 atom stereocenters. The van der Waals surface area contributed by atoms with E-state index in [1.807, 2.05) is 6.07 Å². The number of esters is 1. The van der Waals surface area contributed by atoms with Crippen molar-refractivity contribution in [3.63, 3.8) is 0 Å². The zero-order chi connectivity index (χ0) is 18.7. The van der Waals surface area contributed by atoms with Crippen LogP contribution in [-0.2, 0) is 4.74 Å². The summed E-state index contributed by atoms with van der Waals surface area (Å²) in [5.74, 6) is -1.52. The van der Waals surface area contributed by atoms with E-state index in [0.717, 1.165) is 0 Å². The lowest BCUT2D eigenvalue weighted by molar-refractivity contribution is 0.0597. The lowest BCUT2D eigenvalue weighted by atomic mass is 9.93. The second-order valence-electron chi connectivity index (χ2n) is 5.70. The SMILES string of the molecule is COC(=O)c1c(-c2ccccc2)nc(C)c(O)c1C(=O)c1ccccc1. The van der Waals surface area contributed by atoms with Gasteiger partial charge in [0.15, 0.2) is 5.78 Å². The standard InChI is InChI=1S/C21H17NO4/c1-13-19(23)17(20(24)15-11-7-4-8-12-15)16(21(25)26-2)18(22-13)14-9-5-3-6-10-14/h3-12,23H,1-2H3. The molecule has 5 heteroatoms. The molecule has 0 radical (unpaired) electrons. The first-order chi connectivity index (χ1) is 12.5. The van der Waals surface area contributed by atoms with E-state index in [9.17, 15) is 14.7 Å². The Morgan fingerprint density at radius 3 is 2.08 bits per heavy atom. The molecule has 26 heavy (non-hydrogen) atoms. The van der Waals surface area contributed by atoms with E-state index >= 15 is 0 Å². The smallest absolute Gasteiger partial charge is 0.340 e. The number of aromatic hydroxyl groups is 1. The molecule has 3 aromatic rings. The molecule has 0 bridgehead atoms. The molecule has 1 aromatic heterocycles. The van der Waals surface area contributed by atoms with Crippen LogP contribution in [-0.4, -0.2) is 29.0 Å². The van der Waals surface area contributed by atoms with Crippen LogP contribution in [0.25, 0.3) is 11.3 Å². The van der Waals surface area contributed by atoms with Gasteiger partial charge in [0.05, 0.1) is 24.1 Å². The Labute approximate surface area is 150 Å². The van der Waals surface area contributed by atoms with Crippen molar-refractivity contribution in [2.75, 3.05) is 7.11 Å². The van der Waals surface area contributed by atoms with Crippen molar-refractivity contribution < 1.29 is 19.4 Å². The van der Waals surface area contributed by atoms with Crippen LogP contribution in [0, 0.1) is 6.92 Å². The summed E-state index contributed by atoms with van der Waals surface area (Å²) in [6, 6.07) is 17.5. The molecule has 0 unspecified atom stereocenters. The number of pyridine rings is 1. The summed E-state index contributed by atoms with van der Waals surface area (Å²) < 4.78 is 4.88. The molecule has 0 saturated carbocycles. The Bertz CT molecular complexity index is 966. The minimum Gasteiger partial charge on any atom is -0.505 e. The van der Waals surface area contributed by atoms with Crippen molar-refractivity contribution in [1.29, 1.82) is 0 Å². The molecule has 5 nitrogen and oxygen atoms in total. The highest BCUT2D eigenvalue weighted by molar-refractivity contribution is 6.18. The van der Waals surface area contributed by atoms with Gasteiger partial charge in [-0.05, 0) is 6.92 Å². The second-order valence-corrected chi connectivity index (χ2v) is 5.70. The van der Waals surface area contributed by atoms with Crippen molar-refractivity contribution in [1.82, 2.24) is 4.98 Å². The summed E-state index contributed by atoms with van der Waals surface area (Å²) in [5.41, 5.74) is 1.42. The third-order valence-electron chi connectivity index (χ3n) is 4.05. The predicted octanol–water partition coefficient (Wildman–Crippen LogP) is 3.78. The van der Waals surface area contributed by atoms with Gasteiger partial charge in [-0.15, -0.1) is 0 Å². The molecule has 0 saturated heterocycles. The van der Waals surface area contributed by atoms with E-state index in [1.54, 1.807) is 61.5 Å². The lowest BCUT2D eigenvalue weighted by Gasteiger charge is -2.15. The monoisotopic (exact) mass is 347 g/mol. The molecular weight excluding hydrogens is 330 g/mol. The molecule has 3 rings (SSSR count). The van der Waals surface area contributed by atoms with Crippen LogP contribution in [0.15, 0.2) is 60.7 Å². The highest BCUT2D eigenvalue weighted by Gasteiger charge is 2.29. The average Bonchev–Trinajstić information content (AvgIpc) is 2.69. The molecule has 2 aromatic carbocycles. The molecule has 130 valence electrons. The zero-order valence-corrected chi connectivity index (χ0v) is 14.4. The fourth-order valence-electron chi connectivity index (χ4n) is 2.75. The number of nitrogens with zero attached hydrogens (tertiary/aromatic N) is 1. The van der Waals surface area contributed by atoms with E-state index in [-0.39, 0.29) is 22.6 Å². The number of methoxy groups -OCH3 is 1. The third kappa shape index (κ3) is 3.07. The maximum Gasteiger partial charge on any atom is 0.340 e. The summed E-state index contributed by atoms with van der Waals surface area (Å²) in [7, 11) is 1.23. The van der Waals surface area contributed by atoms with E-state index in [4.69, 9.17) is 4.74 Å². The first-order valence-corrected chi connectivity index (χ1v) is 8.01. The molecule has 0 aliphatic rings. The second kappa shape index (κ2) is 7.19. The van der Waals surface area contributed by atoms with Gasteiger partial charge in [-0.2, -0.15) is 0 Å². The van der Waals surface area contributed by atoms with Crippen LogP contribution in [0.1, 0.15) is 32.0 Å². The zero-order valence-electron chi connectivity index (χ0n) is 14.4. The summed E-state index contributed by atoms with van der Waals surface area (Å²) >= 11 is 0. The first kappa shape index (κ1) is 17.4. The first-order valence-electron chi connectivity index (χ1n) is 8.01. The number of ketones is 1. The Morgan fingerprint density at radius 2 is 1.50 bits per heavy atom. The molecule has 0 aliphatic heterocycles. The quantitative estimate of drug-likeness (QED) is 0.574. The minimum absolute atomic E-state index is 0.0457. The lowest BCUT2D eigenvalue weighted by Crippen LogP contribution is -2.15. The molecule has 0 spiro atoms. The van der Waals surface area contributed by atoms with Gasteiger partial charge in [0.25, 0.3) is 0 Å². The van der Waals surface area contributed by atoms with Crippen LogP contribution in [0.4, 0.5) is 0 Å². The maximum absolute atomic E-state index is 13.0. The Kier molecular flexibility index (Phi) is 4.80. The Morgan fingerprint density at radius 1 is 0.923 bits per heavy atom. The fraction of sp³-hybridized carbons (Fsp3) is 0.0952. The summed E-state index contributed by atoms with van der Waals surface area (Å²) in [6.45, 7) is 1.59. The number of rotatable bonds is 4. The van der Waals surface area contributed by atoms with Crippen LogP contribution in [0.5, 0.6) is 5.75 Å². The van der Waals surface area contributed by atoms with Gasteiger partial charge in [0.1, 0.15) is 11.3 Å². The van der Waals surface area contributed by atoms with Gasteiger partial charge in [-0.3, -0.25) is 4.79 Å². The number of aryl methyl sites for hydroxylation is 1. The van der Waals surface area contributed by atoms with Crippen LogP contribution < -0.4 is 0 Å². The number of ether oxygens (including phenoxy) is 1. The largest absolute Gasteiger partial charge is 0.505 e. The van der Waals surface area contributed by atoms with Crippen molar-refractivity contribution in [2.45, 2.75) is 6.92 Å². The van der Waals surface area contributed by atoms with E-state index in [1.165, 1.54) is 7.11 Å². The molecule has 1 heterocycles. The van der Waals surface area contributed by atoms with Gasteiger partial charge >= 0.3 is 5.97 Å². The topological polar surface area (TPSA) is 76.5 Å². The predicted molar refractivity (Wildman–Crippen MR) is 97.3 cm³/mol. The van der Waals surface area contributed by atoms with Crippen molar-refractivity contribution in [3.8, 4) is 17.0 Å². The number of carbonyl (C=O) groups is 2.